The number of hydrogen-bond acceptors (Lipinski definition) is 4. The van der Waals surface area contributed by atoms with Crippen LogP contribution in [0.2, 0.25) is 0 Å². The monoisotopic (exact) mass is 331 g/mol. The van der Waals surface area contributed by atoms with Crippen LogP contribution in [0, 0.1) is 10.8 Å². The molecule has 130 valence electrons. The van der Waals surface area contributed by atoms with Gasteiger partial charge >= 0.3 is 5.97 Å². The number of carboxylic acid groups (broad SMARTS) is 1. The molecule has 0 amide bonds. The van der Waals surface area contributed by atoms with Gasteiger partial charge in [0, 0.05) is 41.8 Å². The summed E-state index contributed by atoms with van der Waals surface area (Å²) in [5, 5.41) is 9.38. The summed E-state index contributed by atoms with van der Waals surface area (Å²) in [5.74, 6) is -0.830. The molecule has 0 bridgehead atoms. The van der Waals surface area contributed by atoms with Crippen LogP contribution >= 0.6 is 0 Å². The van der Waals surface area contributed by atoms with Gasteiger partial charge in [0.05, 0.1) is 0 Å². The van der Waals surface area contributed by atoms with E-state index in [0.29, 0.717) is 43.3 Å². The Morgan fingerprint density at radius 2 is 1.33 bits per heavy atom. The number of nitrogens with zero attached hydrogens (tertiary/aromatic N) is 1. The second-order valence-corrected chi connectivity index (χ2v) is 8.89. The van der Waals surface area contributed by atoms with Crippen LogP contribution in [-0.4, -0.2) is 34.1 Å². The van der Waals surface area contributed by atoms with Gasteiger partial charge in [0.1, 0.15) is 6.54 Å². The molecule has 5 nitrogen and oxygen atoms in total. The summed E-state index contributed by atoms with van der Waals surface area (Å²) >= 11 is 0. The lowest BCUT2D eigenvalue weighted by atomic mass is 9.68. The molecule has 1 heterocycles. The molecule has 0 radical (unpaired) electrons. The van der Waals surface area contributed by atoms with Crippen LogP contribution in [0.3, 0.4) is 0 Å². The maximum Gasteiger partial charge on any atom is 0.323 e. The zero-order chi connectivity index (χ0) is 17.9. The van der Waals surface area contributed by atoms with Crippen molar-refractivity contribution in [3.8, 4) is 0 Å². The fourth-order valence-corrected chi connectivity index (χ4v) is 4.23. The van der Waals surface area contributed by atoms with Crippen molar-refractivity contribution < 1.29 is 19.5 Å². The molecule has 0 aromatic heterocycles. The molecule has 1 aliphatic heterocycles. The summed E-state index contributed by atoms with van der Waals surface area (Å²) in [5.41, 5.74) is 2.59. The van der Waals surface area contributed by atoms with Crippen molar-refractivity contribution in [1.82, 2.24) is 4.90 Å². The molecule has 0 saturated carbocycles. The summed E-state index contributed by atoms with van der Waals surface area (Å²) in [6, 6.07) is 0. The van der Waals surface area contributed by atoms with Crippen LogP contribution < -0.4 is 0 Å². The fourth-order valence-electron chi connectivity index (χ4n) is 4.23. The van der Waals surface area contributed by atoms with Crippen molar-refractivity contribution >= 4 is 17.5 Å². The van der Waals surface area contributed by atoms with E-state index < -0.39 is 5.97 Å². The molecule has 0 fully saturated rings. The lowest BCUT2D eigenvalue weighted by Crippen LogP contribution is -2.43. The zero-order valence-electron chi connectivity index (χ0n) is 14.9. The number of carbonyl (C=O) groups excluding carboxylic acids is 2. The standard InChI is InChI=1S/C19H25NO4/c1-18(2)6-13-11(15(21)8-18)5-12-14(20(13)10-17(23)24)7-19(3,4)9-16(12)22/h5-10H2,1-4H3,(H,23,24). The number of aliphatic carboxylic acids is 1. The minimum atomic E-state index is -0.942. The predicted molar refractivity (Wildman–Crippen MR) is 89.1 cm³/mol. The highest BCUT2D eigenvalue weighted by molar-refractivity contribution is 6.04. The molecule has 0 aromatic carbocycles. The van der Waals surface area contributed by atoms with E-state index in [1.165, 1.54) is 0 Å². The summed E-state index contributed by atoms with van der Waals surface area (Å²) in [6.45, 7) is 7.95. The van der Waals surface area contributed by atoms with Crippen molar-refractivity contribution in [2.75, 3.05) is 6.54 Å². The summed E-state index contributed by atoms with van der Waals surface area (Å²) in [7, 11) is 0. The van der Waals surface area contributed by atoms with Gasteiger partial charge in [0.25, 0.3) is 0 Å². The van der Waals surface area contributed by atoms with Crippen molar-refractivity contribution in [1.29, 1.82) is 0 Å². The molecule has 0 aromatic rings. The normalized spacial score (nSPS) is 25.6. The Labute approximate surface area is 142 Å². The highest BCUT2D eigenvalue weighted by Gasteiger charge is 2.44. The molecule has 1 N–H and O–H groups in total. The topological polar surface area (TPSA) is 74.7 Å². The van der Waals surface area contributed by atoms with E-state index in [1.807, 2.05) is 27.7 Å². The number of carbonyl (C=O) groups is 3. The molecular weight excluding hydrogens is 306 g/mol. The Kier molecular flexibility index (Phi) is 3.74. The second kappa shape index (κ2) is 5.30. The van der Waals surface area contributed by atoms with Crippen molar-refractivity contribution in [2.24, 2.45) is 10.8 Å². The molecule has 0 spiro atoms. The van der Waals surface area contributed by atoms with Gasteiger partial charge in [-0.25, -0.2) is 0 Å². The van der Waals surface area contributed by atoms with Crippen LogP contribution in [-0.2, 0) is 14.4 Å². The Balaban J connectivity index is 2.11. The summed E-state index contributed by atoms with van der Waals surface area (Å²) in [4.78, 5) is 38.4. The lowest BCUT2D eigenvalue weighted by molar-refractivity contribution is -0.138. The van der Waals surface area contributed by atoms with Crippen LogP contribution in [0.25, 0.3) is 0 Å². The molecule has 0 saturated heterocycles. The van der Waals surface area contributed by atoms with Crippen molar-refractivity contribution in [2.45, 2.75) is 59.8 Å². The van der Waals surface area contributed by atoms with Crippen molar-refractivity contribution in [3.05, 3.63) is 22.5 Å². The molecule has 5 heteroatoms. The predicted octanol–water partition coefficient (Wildman–Crippen LogP) is 3.06. The van der Waals surface area contributed by atoms with Gasteiger partial charge in [-0.2, -0.15) is 0 Å². The first kappa shape index (κ1) is 16.9. The minimum Gasteiger partial charge on any atom is -0.480 e. The van der Waals surface area contributed by atoms with Gasteiger partial charge in [-0.3, -0.25) is 14.4 Å². The number of carboxylic acids is 1. The van der Waals surface area contributed by atoms with Gasteiger partial charge < -0.3 is 10.0 Å². The molecule has 3 rings (SSSR count). The Morgan fingerprint density at radius 1 is 0.917 bits per heavy atom. The Bertz CT molecular complexity index is 657. The molecule has 24 heavy (non-hydrogen) atoms. The van der Waals surface area contributed by atoms with E-state index in [-0.39, 0.29) is 28.9 Å². The largest absolute Gasteiger partial charge is 0.480 e. The van der Waals surface area contributed by atoms with Gasteiger partial charge in [-0.05, 0) is 23.7 Å². The molecular formula is C19H25NO4. The van der Waals surface area contributed by atoms with E-state index in [9.17, 15) is 19.5 Å². The molecule has 0 unspecified atom stereocenters. The van der Waals surface area contributed by atoms with Crippen molar-refractivity contribution in [3.63, 3.8) is 0 Å². The average molecular weight is 331 g/mol. The number of hydrogen-bond donors (Lipinski definition) is 1. The van der Waals surface area contributed by atoms with E-state index >= 15 is 0 Å². The SMILES string of the molecule is CC1(C)CC(=O)C2=C(C1)N(CC(=O)O)C1=C(C2)C(=O)CC(C)(C)C1. The lowest BCUT2D eigenvalue weighted by Gasteiger charge is -2.45. The smallest absolute Gasteiger partial charge is 0.323 e. The third-order valence-corrected chi connectivity index (χ3v) is 5.24. The minimum absolute atomic E-state index is 0.0563. The van der Waals surface area contributed by atoms with Crippen LogP contribution in [0.15, 0.2) is 22.5 Å². The molecule has 3 aliphatic rings. The number of allylic oxidation sites excluding steroid dienone is 4. The second-order valence-electron chi connectivity index (χ2n) is 8.89. The van der Waals surface area contributed by atoms with Crippen LogP contribution in [0.5, 0.6) is 0 Å². The van der Waals surface area contributed by atoms with E-state index in [2.05, 4.69) is 0 Å². The first-order valence-corrected chi connectivity index (χ1v) is 8.49. The third-order valence-electron chi connectivity index (χ3n) is 5.24. The van der Waals surface area contributed by atoms with Gasteiger partial charge in [-0.1, -0.05) is 27.7 Å². The quantitative estimate of drug-likeness (QED) is 0.842. The van der Waals surface area contributed by atoms with Gasteiger partial charge in [-0.15, -0.1) is 0 Å². The number of rotatable bonds is 2. The zero-order valence-corrected chi connectivity index (χ0v) is 14.9. The van der Waals surface area contributed by atoms with Gasteiger partial charge in [0.15, 0.2) is 11.6 Å². The van der Waals surface area contributed by atoms with E-state index in [0.717, 1.165) is 11.4 Å². The first-order valence-electron chi connectivity index (χ1n) is 8.49. The van der Waals surface area contributed by atoms with Gasteiger partial charge in [0.2, 0.25) is 0 Å². The van der Waals surface area contributed by atoms with E-state index in [1.54, 1.807) is 4.90 Å². The highest BCUT2D eigenvalue weighted by atomic mass is 16.4. The maximum absolute atomic E-state index is 12.6. The van der Waals surface area contributed by atoms with Crippen LogP contribution in [0.4, 0.5) is 0 Å². The van der Waals surface area contributed by atoms with E-state index in [4.69, 9.17) is 0 Å². The fraction of sp³-hybridized carbons (Fsp3) is 0.632. The third kappa shape index (κ3) is 2.92. The number of Topliss-reactive ketones (excluding diaryl/α,β-unsaturated/α-hetero) is 2. The van der Waals surface area contributed by atoms with Crippen LogP contribution in [0.1, 0.15) is 59.8 Å². The number of ketones is 2. The average Bonchev–Trinajstić information content (AvgIpc) is 2.38. The summed E-state index contributed by atoms with van der Waals surface area (Å²) in [6.07, 6.45) is 2.63. The molecule has 0 atom stereocenters. The Hall–Kier alpha value is -1.91. The summed E-state index contributed by atoms with van der Waals surface area (Å²) < 4.78 is 0. The highest BCUT2D eigenvalue weighted by Crippen LogP contribution is 2.49. The Morgan fingerprint density at radius 3 is 1.71 bits per heavy atom. The first-order chi connectivity index (χ1) is 11.0. The maximum atomic E-state index is 12.6. The molecule has 2 aliphatic carbocycles.